The van der Waals surface area contributed by atoms with Gasteiger partial charge in [0.15, 0.2) is 11.5 Å². The summed E-state index contributed by atoms with van der Waals surface area (Å²) in [5.74, 6) is 3.59. The minimum Gasteiger partial charge on any atom is -0.496 e. The topological polar surface area (TPSA) is 77.5 Å². The Bertz CT molecular complexity index is 762. The number of fused-ring (bicyclic) bond motifs is 1. The average molecular weight is 356 g/mol. The normalized spacial score (nSPS) is 17.0. The maximum atomic E-state index is 5.67. The van der Waals surface area contributed by atoms with Gasteiger partial charge in [0, 0.05) is 35.9 Å². The van der Waals surface area contributed by atoms with E-state index < -0.39 is 0 Å². The molecule has 0 amide bonds. The Kier molecular flexibility index (Phi) is 5.06. The van der Waals surface area contributed by atoms with Gasteiger partial charge in [-0.25, -0.2) is 9.97 Å². The fourth-order valence-corrected chi connectivity index (χ4v) is 3.44. The summed E-state index contributed by atoms with van der Waals surface area (Å²) in [5, 5.41) is 6.77. The molecule has 2 aliphatic rings. The molecule has 0 saturated carbocycles. The van der Waals surface area contributed by atoms with E-state index in [4.69, 9.17) is 14.2 Å². The molecule has 0 spiro atoms. The minimum atomic E-state index is 0.503. The number of methoxy groups -OCH3 is 1. The van der Waals surface area contributed by atoms with Crippen LogP contribution in [-0.2, 0) is 6.54 Å². The lowest BCUT2D eigenvalue weighted by atomic mass is 9.94. The number of nitrogens with one attached hydrogen (secondary N) is 2. The monoisotopic (exact) mass is 356 g/mol. The Hall–Kier alpha value is -2.54. The van der Waals surface area contributed by atoms with Gasteiger partial charge in [-0.05, 0) is 32.0 Å². The van der Waals surface area contributed by atoms with Crippen molar-refractivity contribution >= 4 is 5.82 Å². The lowest BCUT2D eigenvalue weighted by Crippen LogP contribution is -2.27. The Balaban J connectivity index is 1.48. The van der Waals surface area contributed by atoms with E-state index in [1.54, 1.807) is 13.4 Å². The zero-order valence-corrected chi connectivity index (χ0v) is 15.0. The lowest BCUT2D eigenvalue weighted by molar-refractivity contribution is 0.170. The first-order valence-corrected chi connectivity index (χ1v) is 9.06. The van der Waals surface area contributed by atoms with Crippen LogP contribution in [0.15, 0.2) is 24.5 Å². The largest absolute Gasteiger partial charge is 0.496 e. The Morgan fingerprint density at radius 1 is 1.12 bits per heavy atom. The second-order valence-corrected chi connectivity index (χ2v) is 6.51. The molecule has 0 unspecified atom stereocenters. The summed E-state index contributed by atoms with van der Waals surface area (Å²) in [5.41, 5.74) is 2.11. The number of hydrogen-bond donors (Lipinski definition) is 2. The Morgan fingerprint density at radius 2 is 1.88 bits per heavy atom. The smallest absolute Gasteiger partial charge is 0.165 e. The molecule has 2 aliphatic heterocycles. The van der Waals surface area contributed by atoms with Gasteiger partial charge in [0.2, 0.25) is 0 Å². The maximum Gasteiger partial charge on any atom is 0.165 e. The van der Waals surface area contributed by atoms with Gasteiger partial charge in [0.25, 0.3) is 0 Å². The van der Waals surface area contributed by atoms with Crippen LogP contribution in [0.4, 0.5) is 5.82 Å². The van der Waals surface area contributed by atoms with Crippen molar-refractivity contribution in [1.82, 2.24) is 15.3 Å². The highest BCUT2D eigenvalue weighted by Gasteiger charge is 2.18. The van der Waals surface area contributed by atoms with Crippen molar-refractivity contribution in [3.8, 4) is 17.2 Å². The summed E-state index contributed by atoms with van der Waals surface area (Å²) in [7, 11) is 1.66. The number of piperidine rings is 1. The van der Waals surface area contributed by atoms with Crippen molar-refractivity contribution in [3.63, 3.8) is 0 Å². The number of nitrogens with zero attached hydrogens (tertiary/aromatic N) is 2. The van der Waals surface area contributed by atoms with Crippen LogP contribution in [0.1, 0.15) is 30.0 Å². The molecule has 7 heteroatoms. The van der Waals surface area contributed by atoms with Crippen LogP contribution in [0.5, 0.6) is 17.2 Å². The van der Waals surface area contributed by atoms with Gasteiger partial charge in [0.05, 0.1) is 7.11 Å². The third-order valence-corrected chi connectivity index (χ3v) is 4.85. The number of ether oxygens (including phenoxy) is 3. The fraction of sp³-hybridized carbons (Fsp3) is 0.474. The van der Waals surface area contributed by atoms with Gasteiger partial charge in [-0.3, -0.25) is 0 Å². The molecule has 0 atom stereocenters. The van der Waals surface area contributed by atoms with Crippen molar-refractivity contribution in [2.75, 3.05) is 38.7 Å². The second kappa shape index (κ2) is 7.78. The first-order chi connectivity index (χ1) is 12.8. The van der Waals surface area contributed by atoms with Crippen LogP contribution >= 0.6 is 0 Å². The molecule has 2 aromatic rings. The maximum absolute atomic E-state index is 5.67. The third-order valence-electron chi connectivity index (χ3n) is 4.85. The summed E-state index contributed by atoms with van der Waals surface area (Å²) in [6, 6.07) is 5.90. The van der Waals surface area contributed by atoms with Crippen LogP contribution in [-0.4, -0.2) is 43.4 Å². The summed E-state index contributed by atoms with van der Waals surface area (Å²) in [4.78, 5) is 8.83. The van der Waals surface area contributed by atoms with Gasteiger partial charge < -0.3 is 24.8 Å². The van der Waals surface area contributed by atoms with E-state index in [0.29, 0.717) is 25.7 Å². The summed E-state index contributed by atoms with van der Waals surface area (Å²) in [6.45, 7) is 3.81. The molecule has 1 aromatic heterocycles. The fourth-order valence-electron chi connectivity index (χ4n) is 3.44. The highest BCUT2D eigenvalue weighted by molar-refractivity contribution is 5.52. The van der Waals surface area contributed by atoms with E-state index >= 15 is 0 Å². The molecule has 0 bridgehead atoms. The minimum absolute atomic E-state index is 0.503. The first-order valence-electron chi connectivity index (χ1n) is 9.06. The van der Waals surface area contributed by atoms with Crippen molar-refractivity contribution in [2.24, 2.45) is 0 Å². The van der Waals surface area contributed by atoms with E-state index in [9.17, 15) is 0 Å². The molecule has 26 heavy (non-hydrogen) atoms. The predicted octanol–water partition coefficient (Wildman–Crippen LogP) is 2.34. The summed E-state index contributed by atoms with van der Waals surface area (Å²) in [6.07, 6.45) is 3.87. The van der Waals surface area contributed by atoms with Gasteiger partial charge in [-0.1, -0.05) is 0 Å². The molecule has 1 fully saturated rings. The molecular formula is C19H24N4O3. The van der Waals surface area contributed by atoms with Gasteiger partial charge >= 0.3 is 0 Å². The Labute approximate surface area is 153 Å². The lowest BCUT2D eigenvalue weighted by Gasteiger charge is -2.22. The highest BCUT2D eigenvalue weighted by atomic mass is 16.6. The van der Waals surface area contributed by atoms with E-state index in [1.165, 1.54) is 0 Å². The van der Waals surface area contributed by atoms with Gasteiger partial charge in [-0.15, -0.1) is 0 Å². The van der Waals surface area contributed by atoms with E-state index in [0.717, 1.165) is 60.3 Å². The van der Waals surface area contributed by atoms with Gasteiger partial charge in [0.1, 0.15) is 31.1 Å². The molecule has 138 valence electrons. The summed E-state index contributed by atoms with van der Waals surface area (Å²) < 4.78 is 16.8. The van der Waals surface area contributed by atoms with Crippen LogP contribution in [0.25, 0.3) is 0 Å². The highest BCUT2D eigenvalue weighted by Crippen LogP contribution is 2.37. The van der Waals surface area contributed by atoms with Crippen LogP contribution in [0.2, 0.25) is 0 Å². The standard InChI is InChI=1S/C19H24N4O3/c1-24-16-10-18-17(25-6-7-26-18)8-14(16)11-21-19-9-15(22-12-23-19)13-2-4-20-5-3-13/h8-10,12-13,20H,2-7,11H2,1H3,(H,21,22,23). The molecule has 0 radical (unpaired) electrons. The SMILES string of the molecule is COc1cc2c(cc1CNc1cc(C3CCNCC3)ncn1)OCCO2. The van der Waals surface area contributed by atoms with Crippen LogP contribution in [0, 0.1) is 0 Å². The molecule has 0 aliphatic carbocycles. The van der Waals surface area contributed by atoms with E-state index in [2.05, 4.69) is 26.7 Å². The van der Waals surface area contributed by atoms with E-state index in [1.807, 2.05) is 12.1 Å². The molecule has 7 nitrogen and oxygen atoms in total. The molecule has 1 saturated heterocycles. The number of rotatable bonds is 5. The van der Waals surface area contributed by atoms with Crippen molar-refractivity contribution in [3.05, 3.63) is 35.8 Å². The quantitative estimate of drug-likeness (QED) is 0.851. The number of hydrogen-bond acceptors (Lipinski definition) is 7. The number of anilines is 1. The van der Waals surface area contributed by atoms with Crippen LogP contribution in [0.3, 0.4) is 0 Å². The van der Waals surface area contributed by atoms with Crippen molar-refractivity contribution in [2.45, 2.75) is 25.3 Å². The predicted molar refractivity (Wildman–Crippen MR) is 98.2 cm³/mol. The summed E-state index contributed by atoms with van der Waals surface area (Å²) >= 11 is 0. The molecule has 1 aromatic carbocycles. The average Bonchev–Trinajstić information content (AvgIpc) is 2.72. The van der Waals surface area contributed by atoms with Crippen molar-refractivity contribution in [1.29, 1.82) is 0 Å². The third kappa shape index (κ3) is 3.67. The van der Waals surface area contributed by atoms with Gasteiger partial charge in [-0.2, -0.15) is 0 Å². The first kappa shape index (κ1) is 16.9. The second-order valence-electron chi connectivity index (χ2n) is 6.51. The van der Waals surface area contributed by atoms with E-state index in [-0.39, 0.29) is 0 Å². The number of benzene rings is 1. The molecule has 3 heterocycles. The number of aromatic nitrogens is 2. The van der Waals surface area contributed by atoms with Crippen molar-refractivity contribution < 1.29 is 14.2 Å². The van der Waals surface area contributed by atoms with Crippen LogP contribution < -0.4 is 24.8 Å². The Morgan fingerprint density at radius 3 is 2.65 bits per heavy atom. The molecule has 4 rings (SSSR count). The zero-order valence-electron chi connectivity index (χ0n) is 15.0. The molecular weight excluding hydrogens is 332 g/mol. The molecule has 2 N–H and O–H groups in total. The zero-order chi connectivity index (χ0) is 17.8.